The fraction of sp³-hybridized carbons (Fsp3) is 0.909. The quantitative estimate of drug-likeness (QED) is 0.556. The van der Waals surface area contributed by atoms with E-state index in [-0.39, 0.29) is 0 Å². The van der Waals surface area contributed by atoms with Crippen molar-refractivity contribution in [2.75, 3.05) is 19.6 Å². The first-order valence-electron chi connectivity index (χ1n) is 5.33. The molecule has 0 atom stereocenters. The smallest absolute Gasteiger partial charge is 0.153 e. The van der Waals surface area contributed by atoms with Crippen molar-refractivity contribution < 1.29 is 4.58 Å². The van der Waals surface area contributed by atoms with Crippen LogP contribution in [0.4, 0.5) is 0 Å². The molecule has 2 aliphatic rings. The first-order valence-corrected chi connectivity index (χ1v) is 5.33. The third-order valence-corrected chi connectivity index (χ3v) is 3.49. The van der Waals surface area contributed by atoms with Crippen molar-refractivity contribution in [1.82, 2.24) is 5.32 Å². The van der Waals surface area contributed by atoms with Gasteiger partial charge in [0.2, 0.25) is 0 Å². The highest BCUT2D eigenvalue weighted by Gasteiger charge is 2.42. The summed E-state index contributed by atoms with van der Waals surface area (Å²) < 4.78 is 2.50. The predicted octanol–water partition coefficient (Wildman–Crippen LogP) is 1.25. The van der Waals surface area contributed by atoms with Crippen LogP contribution in [0.2, 0.25) is 0 Å². The Balaban J connectivity index is 2.04. The summed E-state index contributed by atoms with van der Waals surface area (Å²) in [7, 11) is 0. The summed E-state index contributed by atoms with van der Waals surface area (Å²) in [4.78, 5) is 0. The molecule has 0 aromatic heterocycles. The minimum Gasteiger partial charge on any atom is -0.315 e. The van der Waals surface area contributed by atoms with Gasteiger partial charge in [-0.15, -0.1) is 0 Å². The second-order valence-electron chi connectivity index (χ2n) is 5.60. The number of nitrogens with zero attached hydrogens (tertiary/aromatic N) is 1. The zero-order valence-electron chi connectivity index (χ0n) is 9.06. The largest absolute Gasteiger partial charge is 0.315 e. The molecule has 1 fully saturated rings. The fourth-order valence-corrected chi connectivity index (χ4v) is 2.26. The van der Waals surface area contributed by atoms with E-state index in [0.717, 1.165) is 0 Å². The maximum absolute atomic E-state index is 3.39. The maximum Gasteiger partial charge on any atom is 0.153 e. The van der Waals surface area contributed by atoms with E-state index in [2.05, 4.69) is 36.9 Å². The summed E-state index contributed by atoms with van der Waals surface area (Å²) >= 11 is 0. The molecule has 0 aromatic rings. The minimum atomic E-state index is 0.318. The summed E-state index contributed by atoms with van der Waals surface area (Å²) in [6.07, 6.45) is 5.06. The van der Waals surface area contributed by atoms with Crippen LogP contribution in [0, 0.1) is 5.41 Å². The molecule has 2 nitrogen and oxygen atoms in total. The summed E-state index contributed by atoms with van der Waals surface area (Å²) in [5.41, 5.74) is 0.959. The molecule has 74 valence electrons. The first kappa shape index (κ1) is 9.20. The highest BCUT2D eigenvalue weighted by Crippen LogP contribution is 2.33. The number of hydrogen-bond acceptors (Lipinski definition) is 1. The van der Waals surface area contributed by atoms with Gasteiger partial charge in [0, 0.05) is 31.3 Å². The van der Waals surface area contributed by atoms with Gasteiger partial charge in [0.1, 0.15) is 12.8 Å². The Morgan fingerprint density at radius 2 is 2.00 bits per heavy atom. The van der Waals surface area contributed by atoms with Gasteiger partial charge in [-0.25, -0.2) is 4.58 Å². The molecule has 13 heavy (non-hydrogen) atoms. The van der Waals surface area contributed by atoms with E-state index >= 15 is 0 Å². The highest BCUT2D eigenvalue weighted by atomic mass is 15.1. The monoisotopic (exact) mass is 181 g/mol. The van der Waals surface area contributed by atoms with Crippen molar-refractivity contribution in [1.29, 1.82) is 0 Å². The van der Waals surface area contributed by atoms with Crippen molar-refractivity contribution in [2.24, 2.45) is 5.41 Å². The van der Waals surface area contributed by atoms with Crippen molar-refractivity contribution >= 4 is 6.21 Å². The lowest BCUT2D eigenvalue weighted by atomic mass is 9.74. The molecule has 2 aliphatic heterocycles. The summed E-state index contributed by atoms with van der Waals surface area (Å²) in [6.45, 7) is 10.6. The molecule has 1 N–H and O–H groups in total. The minimum absolute atomic E-state index is 0.318. The van der Waals surface area contributed by atoms with Gasteiger partial charge < -0.3 is 5.32 Å². The second kappa shape index (κ2) is 2.81. The van der Waals surface area contributed by atoms with Crippen LogP contribution in [0.15, 0.2) is 0 Å². The van der Waals surface area contributed by atoms with Gasteiger partial charge in [-0.05, 0) is 20.8 Å². The Morgan fingerprint density at radius 3 is 2.31 bits per heavy atom. The topological polar surface area (TPSA) is 15.0 Å². The predicted molar refractivity (Wildman–Crippen MR) is 55.5 cm³/mol. The highest BCUT2D eigenvalue weighted by molar-refractivity contribution is 5.54. The average Bonchev–Trinajstić information content (AvgIpc) is 2.00. The third-order valence-electron chi connectivity index (χ3n) is 3.49. The van der Waals surface area contributed by atoms with Crippen molar-refractivity contribution in [3.63, 3.8) is 0 Å². The molecule has 1 saturated heterocycles. The van der Waals surface area contributed by atoms with Crippen LogP contribution in [0.1, 0.15) is 33.6 Å². The Kier molecular flexibility index (Phi) is 1.99. The van der Waals surface area contributed by atoms with Gasteiger partial charge >= 0.3 is 0 Å². The normalized spacial score (nSPS) is 26.8. The van der Waals surface area contributed by atoms with E-state index in [9.17, 15) is 0 Å². The standard InChI is InChI=1S/C11H21N2/c1-10(2,3)13-6-4-11(5-7-13)8-12-9-11/h6,12H,4-5,7-9H2,1-3H3/q+1. The lowest BCUT2D eigenvalue weighted by Gasteiger charge is -2.43. The van der Waals surface area contributed by atoms with Crippen LogP contribution in [0.3, 0.4) is 0 Å². The summed E-state index contributed by atoms with van der Waals surface area (Å²) in [5, 5.41) is 3.39. The summed E-state index contributed by atoms with van der Waals surface area (Å²) in [5.74, 6) is 0. The Morgan fingerprint density at radius 1 is 1.31 bits per heavy atom. The van der Waals surface area contributed by atoms with E-state index in [1.54, 1.807) is 0 Å². The van der Waals surface area contributed by atoms with E-state index in [0.29, 0.717) is 11.0 Å². The Bertz CT molecular complexity index is 231. The molecule has 2 heterocycles. The van der Waals surface area contributed by atoms with Crippen LogP contribution in [0.25, 0.3) is 0 Å². The van der Waals surface area contributed by atoms with Crippen LogP contribution in [0.5, 0.6) is 0 Å². The summed E-state index contributed by atoms with van der Waals surface area (Å²) in [6, 6.07) is 0. The first-order chi connectivity index (χ1) is 6.02. The van der Waals surface area contributed by atoms with Gasteiger partial charge in [-0.1, -0.05) is 0 Å². The molecule has 0 amide bonds. The van der Waals surface area contributed by atoms with Gasteiger partial charge in [0.15, 0.2) is 5.54 Å². The van der Waals surface area contributed by atoms with E-state index in [1.807, 2.05) is 0 Å². The van der Waals surface area contributed by atoms with Crippen LogP contribution in [-0.2, 0) is 0 Å². The molecule has 0 bridgehead atoms. The number of rotatable bonds is 0. The van der Waals surface area contributed by atoms with Crippen molar-refractivity contribution in [3.05, 3.63) is 0 Å². The molecular formula is C11H21N2+. The lowest BCUT2D eigenvalue weighted by Crippen LogP contribution is -2.57. The van der Waals surface area contributed by atoms with E-state index in [4.69, 9.17) is 0 Å². The molecule has 0 radical (unpaired) electrons. The number of nitrogens with one attached hydrogen (secondary N) is 1. The van der Waals surface area contributed by atoms with Crippen molar-refractivity contribution in [3.8, 4) is 0 Å². The molecule has 2 rings (SSSR count). The Hall–Kier alpha value is -0.370. The van der Waals surface area contributed by atoms with Crippen LogP contribution < -0.4 is 5.32 Å². The molecular weight excluding hydrogens is 160 g/mol. The molecule has 2 heteroatoms. The molecule has 1 spiro atoms. The lowest BCUT2D eigenvalue weighted by molar-refractivity contribution is -0.600. The fourth-order valence-electron chi connectivity index (χ4n) is 2.26. The Labute approximate surface area is 81.0 Å². The zero-order chi connectivity index (χ0) is 9.53. The third kappa shape index (κ3) is 1.64. The molecule has 0 unspecified atom stereocenters. The molecule has 0 saturated carbocycles. The van der Waals surface area contributed by atoms with Gasteiger partial charge in [-0.2, -0.15) is 0 Å². The molecule has 0 aliphatic carbocycles. The van der Waals surface area contributed by atoms with E-state index in [1.165, 1.54) is 32.5 Å². The zero-order valence-corrected chi connectivity index (χ0v) is 9.06. The van der Waals surface area contributed by atoms with Crippen molar-refractivity contribution in [2.45, 2.75) is 39.2 Å². The van der Waals surface area contributed by atoms with Gasteiger partial charge in [0.05, 0.1) is 0 Å². The van der Waals surface area contributed by atoms with E-state index < -0.39 is 0 Å². The second-order valence-corrected chi connectivity index (χ2v) is 5.60. The average molecular weight is 181 g/mol. The van der Waals surface area contributed by atoms with Gasteiger partial charge in [-0.3, -0.25) is 0 Å². The van der Waals surface area contributed by atoms with Crippen LogP contribution >= 0.6 is 0 Å². The maximum atomic E-state index is 3.39. The number of hydrogen-bond donors (Lipinski definition) is 1. The van der Waals surface area contributed by atoms with Gasteiger partial charge in [0.25, 0.3) is 0 Å². The SMILES string of the molecule is CC(C)(C)[N+]1=CCC2(CC1)CNC2. The van der Waals surface area contributed by atoms with Crippen LogP contribution in [-0.4, -0.2) is 36.0 Å². The molecule has 0 aromatic carbocycles.